The summed E-state index contributed by atoms with van der Waals surface area (Å²) in [6, 6.07) is 11.4. The number of ketones is 1. The molecular formula is C19H21ClN2O4S2. The maximum atomic E-state index is 12.4. The summed E-state index contributed by atoms with van der Waals surface area (Å²) in [6.07, 6.45) is 1.39. The summed E-state index contributed by atoms with van der Waals surface area (Å²) in [4.78, 5) is 27.0. The molecule has 0 saturated carbocycles. The number of Topliss-reactive ketones (excluding diaryl/α,β-unsaturated/α-hetero) is 1. The SMILES string of the molecule is O=C(CCC(=O)N1CCC(NS(=O)(=O)c2ccccc2)CC1)c1ccc(Cl)s1. The number of benzene rings is 1. The number of thiophene rings is 1. The second-order valence-corrected chi connectivity index (χ2v) is 10.0. The second-order valence-electron chi connectivity index (χ2n) is 6.62. The zero-order valence-electron chi connectivity index (χ0n) is 15.1. The van der Waals surface area contributed by atoms with Crippen molar-refractivity contribution in [3.05, 3.63) is 51.7 Å². The molecule has 2 heterocycles. The molecule has 1 N–H and O–H groups in total. The minimum absolute atomic E-state index is 0.0830. The van der Waals surface area contributed by atoms with Crippen LogP contribution in [0, 0.1) is 0 Å². The van der Waals surface area contributed by atoms with Crippen LogP contribution in [0.2, 0.25) is 4.34 Å². The molecule has 0 radical (unpaired) electrons. The van der Waals surface area contributed by atoms with Gasteiger partial charge in [-0.2, -0.15) is 0 Å². The van der Waals surface area contributed by atoms with Crippen LogP contribution in [0.5, 0.6) is 0 Å². The Balaban J connectivity index is 1.46. The van der Waals surface area contributed by atoms with Crippen molar-refractivity contribution in [1.29, 1.82) is 0 Å². The van der Waals surface area contributed by atoms with Gasteiger partial charge in [0.25, 0.3) is 0 Å². The zero-order chi connectivity index (χ0) is 20.1. The van der Waals surface area contributed by atoms with E-state index in [2.05, 4.69) is 4.72 Å². The van der Waals surface area contributed by atoms with Gasteiger partial charge in [-0.05, 0) is 37.1 Å². The minimum atomic E-state index is -3.56. The van der Waals surface area contributed by atoms with E-state index >= 15 is 0 Å². The molecule has 3 rings (SSSR count). The molecule has 1 saturated heterocycles. The number of piperidine rings is 1. The van der Waals surface area contributed by atoms with Crippen LogP contribution in [0.25, 0.3) is 0 Å². The molecule has 0 spiro atoms. The fourth-order valence-electron chi connectivity index (χ4n) is 3.10. The fourth-order valence-corrected chi connectivity index (χ4v) is 5.44. The van der Waals surface area contributed by atoms with Gasteiger partial charge in [0.15, 0.2) is 5.78 Å². The number of sulfonamides is 1. The van der Waals surface area contributed by atoms with Crippen molar-refractivity contribution in [1.82, 2.24) is 9.62 Å². The molecule has 1 aliphatic heterocycles. The molecule has 2 aromatic rings. The number of carbonyl (C=O) groups excluding carboxylic acids is 2. The van der Waals surface area contributed by atoms with Crippen molar-refractivity contribution < 1.29 is 18.0 Å². The Labute approximate surface area is 173 Å². The highest BCUT2D eigenvalue weighted by atomic mass is 35.5. The van der Waals surface area contributed by atoms with Crippen molar-refractivity contribution in [2.75, 3.05) is 13.1 Å². The number of nitrogens with one attached hydrogen (secondary N) is 1. The number of hydrogen-bond acceptors (Lipinski definition) is 5. The predicted octanol–water partition coefficient (Wildman–Crippen LogP) is 3.33. The fraction of sp³-hybridized carbons (Fsp3) is 0.368. The molecule has 6 nitrogen and oxygen atoms in total. The maximum Gasteiger partial charge on any atom is 0.240 e. The highest BCUT2D eigenvalue weighted by molar-refractivity contribution is 7.89. The molecule has 0 bridgehead atoms. The van der Waals surface area contributed by atoms with Crippen LogP contribution in [0.4, 0.5) is 0 Å². The number of rotatable bonds is 7. The van der Waals surface area contributed by atoms with Gasteiger partial charge in [0, 0.05) is 32.0 Å². The van der Waals surface area contributed by atoms with Crippen molar-refractivity contribution >= 4 is 44.7 Å². The first kappa shape index (κ1) is 21.0. The van der Waals surface area contributed by atoms with Gasteiger partial charge in [0.05, 0.1) is 14.1 Å². The van der Waals surface area contributed by atoms with Crippen LogP contribution in [0.3, 0.4) is 0 Å². The van der Waals surface area contributed by atoms with E-state index in [1.807, 2.05) is 0 Å². The van der Waals surface area contributed by atoms with E-state index < -0.39 is 10.0 Å². The van der Waals surface area contributed by atoms with Gasteiger partial charge in [-0.1, -0.05) is 29.8 Å². The van der Waals surface area contributed by atoms with Crippen LogP contribution < -0.4 is 4.72 Å². The number of hydrogen-bond donors (Lipinski definition) is 1. The number of halogens is 1. The Morgan fingerprint density at radius 2 is 1.75 bits per heavy atom. The highest BCUT2D eigenvalue weighted by Crippen LogP contribution is 2.23. The molecule has 0 aliphatic carbocycles. The number of likely N-dealkylation sites (tertiary alicyclic amines) is 1. The smallest absolute Gasteiger partial charge is 0.240 e. The Bertz CT molecular complexity index is 936. The summed E-state index contributed by atoms with van der Waals surface area (Å²) in [6.45, 7) is 0.944. The molecule has 0 unspecified atom stereocenters. The molecule has 1 aromatic heterocycles. The molecule has 28 heavy (non-hydrogen) atoms. The summed E-state index contributed by atoms with van der Waals surface area (Å²) in [5.74, 6) is -0.170. The summed E-state index contributed by atoms with van der Waals surface area (Å²) in [7, 11) is -3.56. The van der Waals surface area contributed by atoms with Gasteiger partial charge >= 0.3 is 0 Å². The first-order chi connectivity index (χ1) is 13.3. The molecule has 0 atom stereocenters. The van der Waals surface area contributed by atoms with E-state index in [0.29, 0.717) is 35.1 Å². The molecule has 1 fully saturated rings. The van der Waals surface area contributed by atoms with E-state index in [0.717, 1.165) is 0 Å². The van der Waals surface area contributed by atoms with Gasteiger partial charge < -0.3 is 4.90 Å². The quantitative estimate of drug-likeness (QED) is 0.669. The van der Waals surface area contributed by atoms with Gasteiger partial charge in [0.1, 0.15) is 0 Å². The van der Waals surface area contributed by atoms with Crippen molar-refractivity contribution in [3.63, 3.8) is 0 Å². The van der Waals surface area contributed by atoms with Crippen molar-refractivity contribution in [3.8, 4) is 0 Å². The molecular weight excluding hydrogens is 420 g/mol. The average Bonchev–Trinajstić information content (AvgIpc) is 3.13. The van der Waals surface area contributed by atoms with Gasteiger partial charge in [-0.15, -0.1) is 11.3 Å². The molecule has 150 valence electrons. The number of nitrogens with zero attached hydrogens (tertiary/aromatic N) is 1. The molecule has 1 aromatic carbocycles. The number of amides is 1. The molecule has 9 heteroatoms. The Morgan fingerprint density at radius 3 is 2.36 bits per heavy atom. The van der Waals surface area contributed by atoms with Gasteiger partial charge in [0.2, 0.25) is 15.9 Å². The van der Waals surface area contributed by atoms with E-state index in [-0.39, 0.29) is 35.5 Å². The van der Waals surface area contributed by atoms with Crippen LogP contribution in [-0.2, 0) is 14.8 Å². The third-order valence-corrected chi connectivity index (χ3v) is 7.45. The summed E-state index contributed by atoms with van der Waals surface area (Å²) < 4.78 is 28.0. The Hall–Kier alpha value is -1.74. The monoisotopic (exact) mass is 440 g/mol. The highest BCUT2D eigenvalue weighted by Gasteiger charge is 2.26. The standard InChI is InChI=1S/C19H21ClN2O4S2/c20-18-8-7-17(27-18)16(23)6-9-19(24)22-12-10-14(11-13-22)21-28(25,26)15-4-2-1-3-5-15/h1-5,7-8,14,21H,6,9-13H2. The first-order valence-electron chi connectivity index (χ1n) is 8.99. The van der Waals surface area contributed by atoms with E-state index in [1.54, 1.807) is 47.4 Å². The lowest BCUT2D eigenvalue weighted by atomic mass is 10.1. The van der Waals surface area contributed by atoms with Crippen LogP contribution in [-0.4, -0.2) is 44.1 Å². The Kier molecular flexibility index (Phi) is 6.87. The normalized spacial score (nSPS) is 15.5. The van der Waals surface area contributed by atoms with E-state index in [9.17, 15) is 18.0 Å². The average molecular weight is 441 g/mol. The summed E-state index contributed by atoms with van der Waals surface area (Å²) >= 11 is 7.04. The summed E-state index contributed by atoms with van der Waals surface area (Å²) in [5.41, 5.74) is 0. The zero-order valence-corrected chi connectivity index (χ0v) is 17.5. The topological polar surface area (TPSA) is 83.6 Å². The maximum absolute atomic E-state index is 12.4. The third-order valence-electron chi connectivity index (χ3n) is 4.64. The lowest BCUT2D eigenvalue weighted by molar-refractivity contribution is -0.132. The Morgan fingerprint density at radius 1 is 1.07 bits per heavy atom. The van der Waals surface area contributed by atoms with Crippen LogP contribution in [0.15, 0.2) is 47.4 Å². The lowest BCUT2D eigenvalue weighted by Crippen LogP contribution is -2.46. The first-order valence-corrected chi connectivity index (χ1v) is 11.7. The van der Waals surface area contributed by atoms with Crippen LogP contribution in [0.1, 0.15) is 35.4 Å². The van der Waals surface area contributed by atoms with Gasteiger partial charge in [-0.3, -0.25) is 9.59 Å². The lowest BCUT2D eigenvalue weighted by Gasteiger charge is -2.32. The predicted molar refractivity (Wildman–Crippen MR) is 109 cm³/mol. The third kappa shape index (κ3) is 5.41. The minimum Gasteiger partial charge on any atom is -0.343 e. The van der Waals surface area contributed by atoms with Crippen molar-refractivity contribution in [2.45, 2.75) is 36.6 Å². The molecule has 1 aliphatic rings. The summed E-state index contributed by atoms with van der Waals surface area (Å²) in [5, 5.41) is 0. The van der Waals surface area contributed by atoms with Gasteiger partial charge in [-0.25, -0.2) is 13.1 Å². The number of carbonyl (C=O) groups is 2. The van der Waals surface area contributed by atoms with E-state index in [1.165, 1.54) is 11.3 Å². The largest absolute Gasteiger partial charge is 0.343 e. The van der Waals surface area contributed by atoms with E-state index in [4.69, 9.17) is 11.6 Å². The van der Waals surface area contributed by atoms with Crippen LogP contribution >= 0.6 is 22.9 Å². The van der Waals surface area contributed by atoms with Crippen molar-refractivity contribution in [2.24, 2.45) is 0 Å². The second kappa shape index (κ2) is 9.17. The molecule has 1 amide bonds.